The highest BCUT2D eigenvalue weighted by molar-refractivity contribution is 6.02. The molecule has 8 nitrogen and oxygen atoms in total. The van der Waals surface area contributed by atoms with Gasteiger partial charge in [0.1, 0.15) is 11.1 Å². The van der Waals surface area contributed by atoms with E-state index < -0.39 is 5.97 Å². The van der Waals surface area contributed by atoms with Crippen molar-refractivity contribution < 1.29 is 18.7 Å². The third-order valence-electron chi connectivity index (χ3n) is 7.27. The van der Waals surface area contributed by atoms with Gasteiger partial charge >= 0.3 is 5.97 Å². The number of benzene rings is 1. The molecule has 8 heteroatoms. The first-order valence-corrected chi connectivity index (χ1v) is 13.4. The van der Waals surface area contributed by atoms with Crippen LogP contribution in [-0.2, 0) is 9.53 Å². The maximum absolute atomic E-state index is 13.7. The summed E-state index contributed by atoms with van der Waals surface area (Å²) in [6, 6.07) is 13.3. The number of carbonyl (C=O) groups is 2. The number of amides is 1. The number of esters is 1. The number of rotatable bonds is 7. The Hall–Kier alpha value is -3.94. The minimum absolute atomic E-state index is 0.0266. The topological polar surface area (TPSA) is 90.5 Å². The molecule has 1 amide bonds. The fraction of sp³-hybridized carbons (Fsp3) is 0.400. The molecule has 0 N–H and O–H groups in total. The van der Waals surface area contributed by atoms with Crippen LogP contribution in [0.1, 0.15) is 63.7 Å². The predicted molar refractivity (Wildman–Crippen MR) is 146 cm³/mol. The van der Waals surface area contributed by atoms with E-state index in [1.54, 1.807) is 29.0 Å². The molecule has 0 bridgehead atoms. The van der Waals surface area contributed by atoms with E-state index in [-0.39, 0.29) is 30.0 Å². The fourth-order valence-electron chi connectivity index (χ4n) is 5.13. The number of anilines is 1. The Kier molecular flexibility index (Phi) is 7.31. The second-order valence-corrected chi connectivity index (χ2v) is 10.3. The van der Waals surface area contributed by atoms with Crippen molar-refractivity contribution in [1.82, 2.24) is 14.8 Å². The summed E-state index contributed by atoms with van der Waals surface area (Å²) in [5.74, 6) is 0.462. The fourth-order valence-corrected chi connectivity index (χ4v) is 5.13. The maximum Gasteiger partial charge on any atom is 0.343 e. The van der Waals surface area contributed by atoms with Crippen LogP contribution in [0.4, 0.5) is 5.82 Å². The van der Waals surface area contributed by atoms with E-state index >= 15 is 0 Å². The van der Waals surface area contributed by atoms with Crippen LogP contribution in [0, 0.1) is 11.8 Å². The van der Waals surface area contributed by atoms with Gasteiger partial charge in [0.2, 0.25) is 5.91 Å². The summed E-state index contributed by atoms with van der Waals surface area (Å²) >= 11 is 0. The summed E-state index contributed by atoms with van der Waals surface area (Å²) in [5.41, 5.74) is 4.37. The monoisotopic (exact) mass is 514 g/mol. The van der Waals surface area contributed by atoms with Crippen molar-refractivity contribution in [3.05, 3.63) is 60.5 Å². The van der Waals surface area contributed by atoms with Gasteiger partial charge in [-0.3, -0.25) is 9.69 Å². The normalized spacial score (nSPS) is 17.6. The van der Waals surface area contributed by atoms with E-state index in [1.807, 2.05) is 56.3 Å². The summed E-state index contributed by atoms with van der Waals surface area (Å²) in [5, 5.41) is 4.77. The standard InChI is InChI=1S/C30H34N4O4/c1-5-37-30(36)24-18-33(32-28(24)34(19(2)3)29(35)22-8-6-20(4)7-9-22)23-12-10-21(11-13-23)25-14-15-27-26(31-25)16-17-38-27/h10-20,22H,5-9H2,1-4H3. The molecule has 38 heavy (non-hydrogen) atoms. The lowest BCUT2D eigenvalue weighted by molar-refractivity contribution is -0.124. The minimum Gasteiger partial charge on any atom is -0.463 e. The molecule has 0 aliphatic heterocycles. The van der Waals surface area contributed by atoms with Crippen molar-refractivity contribution in [2.75, 3.05) is 11.5 Å². The third-order valence-corrected chi connectivity index (χ3v) is 7.27. The Bertz CT molecular complexity index is 1430. The summed E-state index contributed by atoms with van der Waals surface area (Å²) in [6.07, 6.45) is 7.08. The van der Waals surface area contributed by atoms with Crippen LogP contribution in [0.3, 0.4) is 0 Å². The molecule has 0 atom stereocenters. The number of aromatic nitrogens is 3. The molecule has 0 radical (unpaired) electrons. The van der Waals surface area contributed by atoms with Crippen LogP contribution in [0.2, 0.25) is 0 Å². The van der Waals surface area contributed by atoms with Crippen molar-refractivity contribution in [2.24, 2.45) is 11.8 Å². The average Bonchev–Trinajstić information content (AvgIpc) is 3.56. The Morgan fingerprint density at radius 1 is 1.08 bits per heavy atom. The van der Waals surface area contributed by atoms with Crippen LogP contribution in [0.5, 0.6) is 0 Å². The lowest BCUT2D eigenvalue weighted by Gasteiger charge is -2.32. The van der Waals surface area contributed by atoms with E-state index in [4.69, 9.17) is 14.3 Å². The van der Waals surface area contributed by atoms with E-state index in [1.165, 1.54) is 0 Å². The van der Waals surface area contributed by atoms with Gasteiger partial charge in [0.25, 0.3) is 0 Å². The van der Waals surface area contributed by atoms with Gasteiger partial charge in [-0.1, -0.05) is 19.1 Å². The third kappa shape index (κ3) is 5.08. The number of ether oxygens (including phenoxy) is 1. The van der Waals surface area contributed by atoms with Gasteiger partial charge in [-0.05, 0) is 76.6 Å². The molecular formula is C30H34N4O4. The van der Waals surface area contributed by atoms with Crippen molar-refractivity contribution in [3.8, 4) is 16.9 Å². The number of fused-ring (bicyclic) bond motifs is 1. The molecule has 4 aromatic rings. The first kappa shape index (κ1) is 25.7. The molecule has 5 rings (SSSR count). The lowest BCUT2D eigenvalue weighted by atomic mass is 9.82. The Morgan fingerprint density at radius 3 is 2.50 bits per heavy atom. The van der Waals surface area contributed by atoms with E-state index in [0.717, 1.165) is 53.7 Å². The average molecular weight is 515 g/mol. The number of pyridine rings is 1. The summed E-state index contributed by atoms with van der Waals surface area (Å²) in [7, 11) is 0. The zero-order valence-electron chi connectivity index (χ0n) is 22.4. The molecule has 1 saturated carbocycles. The van der Waals surface area contributed by atoms with Gasteiger partial charge in [-0.2, -0.15) is 0 Å². The van der Waals surface area contributed by atoms with Crippen molar-refractivity contribution in [1.29, 1.82) is 0 Å². The van der Waals surface area contributed by atoms with Crippen molar-refractivity contribution in [2.45, 2.75) is 59.4 Å². The second kappa shape index (κ2) is 10.8. The highest BCUT2D eigenvalue weighted by Gasteiger charge is 2.34. The van der Waals surface area contributed by atoms with Gasteiger partial charge in [0.05, 0.1) is 24.3 Å². The van der Waals surface area contributed by atoms with Crippen LogP contribution < -0.4 is 4.90 Å². The molecule has 0 saturated heterocycles. The summed E-state index contributed by atoms with van der Waals surface area (Å²) < 4.78 is 12.4. The van der Waals surface area contributed by atoms with Gasteiger partial charge in [-0.15, -0.1) is 5.10 Å². The first-order chi connectivity index (χ1) is 18.4. The smallest absolute Gasteiger partial charge is 0.343 e. The molecule has 198 valence electrons. The highest BCUT2D eigenvalue weighted by atomic mass is 16.5. The van der Waals surface area contributed by atoms with Crippen molar-refractivity contribution in [3.63, 3.8) is 0 Å². The quantitative estimate of drug-likeness (QED) is 0.264. The molecule has 1 aliphatic carbocycles. The second-order valence-electron chi connectivity index (χ2n) is 10.3. The molecule has 1 fully saturated rings. The zero-order chi connectivity index (χ0) is 26.8. The van der Waals surface area contributed by atoms with Crippen molar-refractivity contribution >= 4 is 28.8 Å². The highest BCUT2D eigenvalue weighted by Crippen LogP contribution is 2.33. The first-order valence-electron chi connectivity index (χ1n) is 13.4. The van der Waals surface area contributed by atoms with Gasteiger partial charge < -0.3 is 9.15 Å². The van der Waals surface area contributed by atoms with E-state index in [0.29, 0.717) is 11.7 Å². The van der Waals surface area contributed by atoms with Crippen LogP contribution in [0.15, 0.2) is 59.3 Å². The molecule has 0 spiro atoms. The molecule has 1 aromatic carbocycles. The maximum atomic E-state index is 13.7. The summed E-state index contributed by atoms with van der Waals surface area (Å²) in [4.78, 5) is 33.0. The number of hydrogen-bond donors (Lipinski definition) is 0. The molecule has 3 heterocycles. The Balaban J connectivity index is 1.48. The number of nitrogens with zero attached hydrogens (tertiary/aromatic N) is 4. The lowest BCUT2D eigenvalue weighted by Crippen LogP contribution is -2.43. The molecular weight excluding hydrogens is 480 g/mol. The van der Waals surface area contributed by atoms with Gasteiger partial charge in [0, 0.05) is 29.8 Å². The Morgan fingerprint density at radius 2 is 1.82 bits per heavy atom. The number of furan rings is 1. The Labute approximate surface area is 222 Å². The summed E-state index contributed by atoms with van der Waals surface area (Å²) in [6.45, 7) is 8.15. The minimum atomic E-state index is -0.487. The molecule has 1 aliphatic rings. The van der Waals surface area contributed by atoms with E-state index in [9.17, 15) is 9.59 Å². The number of carbonyl (C=O) groups excluding carboxylic acids is 2. The molecule has 3 aromatic heterocycles. The van der Waals surface area contributed by atoms with Gasteiger partial charge in [-0.25, -0.2) is 14.5 Å². The largest absolute Gasteiger partial charge is 0.463 e. The van der Waals surface area contributed by atoms with Crippen LogP contribution in [0.25, 0.3) is 28.0 Å². The van der Waals surface area contributed by atoms with E-state index in [2.05, 4.69) is 11.9 Å². The van der Waals surface area contributed by atoms with Crippen LogP contribution in [-0.4, -0.2) is 39.3 Å². The zero-order valence-corrected chi connectivity index (χ0v) is 22.4. The van der Waals surface area contributed by atoms with Crippen LogP contribution >= 0.6 is 0 Å². The SMILES string of the molecule is CCOC(=O)c1cn(-c2ccc(-c3ccc4occc4n3)cc2)nc1N(C(=O)C1CCC(C)CC1)C(C)C. The predicted octanol–water partition coefficient (Wildman–Crippen LogP) is 6.42. The number of hydrogen-bond acceptors (Lipinski definition) is 6. The molecule has 0 unspecified atom stereocenters. The van der Waals surface area contributed by atoms with Gasteiger partial charge in [0.15, 0.2) is 11.4 Å².